The second-order valence-corrected chi connectivity index (χ2v) is 8.36. The Hall–Kier alpha value is -0.533. The van der Waals surface area contributed by atoms with Crippen molar-refractivity contribution >= 4 is 8.32 Å². The molecule has 0 aliphatic rings. The standard InChI is InChI=1S/C7H15NO2Si/c1-7(2,6-8-9)10-11(3,4)5/h1-5H3. The molecule has 0 aromatic rings. The molecule has 0 heterocycles. The van der Waals surface area contributed by atoms with Gasteiger partial charge in [-0.05, 0) is 33.5 Å². The third-order valence-corrected chi connectivity index (χ3v) is 2.00. The predicted octanol–water partition coefficient (Wildman–Crippen LogP) is 2.45. The summed E-state index contributed by atoms with van der Waals surface area (Å²) in [5.41, 5.74) is -0.633. The van der Waals surface area contributed by atoms with Gasteiger partial charge in [-0.2, -0.15) is 0 Å². The van der Waals surface area contributed by atoms with E-state index in [1.54, 1.807) is 13.8 Å². The average Bonchev–Trinajstić information content (AvgIpc) is 1.55. The van der Waals surface area contributed by atoms with Crippen molar-refractivity contribution < 1.29 is 4.43 Å². The molecule has 0 radical (unpaired) electrons. The Balaban J connectivity index is 4.21. The molecule has 0 fully saturated rings. The largest absolute Gasteiger partial charge is 0.498 e. The van der Waals surface area contributed by atoms with Gasteiger partial charge in [0, 0.05) is 5.01 Å². The Kier molecular flexibility index (Phi) is 3.09. The zero-order valence-corrected chi connectivity index (χ0v) is 8.76. The molecule has 0 atom stereocenters. The summed E-state index contributed by atoms with van der Waals surface area (Å²) in [5.74, 6) is 0. The first-order chi connectivity index (χ1) is 4.77. The van der Waals surface area contributed by atoms with Gasteiger partial charge in [0.05, 0.1) is 0 Å². The van der Waals surface area contributed by atoms with Crippen molar-refractivity contribution in [2.24, 2.45) is 0 Å². The molecule has 0 saturated carbocycles. The molecular formula is C7H15NO2Si. The Morgan fingerprint density at radius 2 is 1.82 bits per heavy atom. The van der Waals surface area contributed by atoms with E-state index in [-0.39, 0.29) is 0 Å². The van der Waals surface area contributed by atoms with E-state index in [0.29, 0.717) is 0 Å². The number of hydrogen-bond acceptors (Lipinski definition) is 2. The lowest BCUT2D eigenvalue weighted by Gasteiger charge is -2.24. The molecule has 0 N–H and O–H groups in total. The van der Waals surface area contributed by atoms with Crippen LogP contribution in [0.4, 0.5) is 0 Å². The van der Waals surface area contributed by atoms with Crippen LogP contribution in [0.3, 0.4) is 0 Å². The number of rotatable bonds is 2. The highest BCUT2D eigenvalue weighted by Crippen LogP contribution is 2.16. The summed E-state index contributed by atoms with van der Waals surface area (Å²) in [5, 5.41) is 12.5. The molecule has 0 unspecified atom stereocenters. The molecule has 0 spiro atoms. The first kappa shape index (κ1) is 10.5. The van der Waals surface area contributed by atoms with E-state index in [1.165, 1.54) is 0 Å². The predicted molar refractivity (Wildman–Crippen MR) is 49.1 cm³/mol. The minimum Gasteiger partial charge on any atom is -0.498 e. The van der Waals surface area contributed by atoms with Gasteiger partial charge in [0.25, 0.3) is 0 Å². The van der Waals surface area contributed by atoms with Gasteiger partial charge in [-0.3, -0.25) is 0 Å². The summed E-state index contributed by atoms with van der Waals surface area (Å²) in [4.78, 5) is 0. The van der Waals surface area contributed by atoms with Crippen molar-refractivity contribution in [3.8, 4) is 6.07 Å². The van der Waals surface area contributed by atoms with Crippen molar-refractivity contribution in [1.29, 1.82) is 0 Å². The van der Waals surface area contributed by atoms with E-state index in [0.717, 1.165) is 0 Å². The molecule has 64 valence electrons. The molecular weight excluding hydrogens is 158 g/mol. The Labute approximate surface area is 68.9 Å². The molecule has 0 rings (SSSR count). The summed E-state index contributed by atoms with van der Waals surface area (Å²) in [7, 11) is -1.59. The maximum Gasteiger partial charge on any atom is 0.332 e. The van der Waals surface area contributed by atoms with E-state index in [2.05, 4.69) is 30.7 Å². The highest BCUT2D eigenvalue weighted by molar-refractivity contribution is 6.69. The molecule has 0 aromatic heterocycles. The van der Waals surface area contributed by atoms with E-state index < -0.39 is 13.9 Å². The quantitative estimate of drug-likeness (QED) is 0.475. The summed E-state index contributed by atoms with van der Waals surface area (Å²) < 4.78 is 5.60. The van der Waals surface area contributed by atoms with Crippen LogP contribution < -0.4 is 0 Å². The molecule has 0 amide bonds. The van der Waals surface area contributed by atoms with Crippen LogP contribution in [0.1, 0.15) is 13.8 Å². The first-order valence-corrected chi connectivity index (χ1v) is 6.97. The van der Waals surface area contributed by atoms with Gasteiger partial charge in [-0.1, -0.05) is 0 Å². The zero-order chi connectivity index (χ0) is 9.12. The topological polar surface area (TPSA) is 36.6 Å². The first-order valence-electron chi connectivity index (χ1n) is 3.56. The SMILES string of the molecule is CC(C)(C#[N+][O-])O[Si](C)(C)C. The maximum atomic E-state index is 9.88. The third-order valence-electron chi connectivity index (χ3n) is 0.876. The molecule has 11 heavy (non-hydrogen) atoms. The number of nitrogens with zero attached hydrogens (tertiary/aromatic N) is 1. The number of hydrogen-bond donors (Lipinski definition) is 0. The third kappa shape index (κ3) is 5.89. The van der Waals surface area contributed by atoms with Crippen LogP contribution in [0, 0.1) is 11.3 Å². The highest BCUT2D eigenvalue weighted by atomic mass is 28.4. The van der Waals surface area contributed by atoms with E-state index in [1.807, 2.05) is 0 Å². The van der Waals surface area contributed by atoms with Gasteiger partial charge in [-0.15, -0.1) is 0 Å². The van der Waals surface area contributed by atoms with Gasteiger partial charge in [0.1, 0.15) is 0 Å². The molecule has 3 nitrogen and oxygen atoms in total. The van der Waals surface area contributed by atoms with Crippen LogP contribution in [-0.2, 0) is 4.43 Å². The van der Waals surface area contributed by atoms with Crippen molar-refractivity contribution in [2.75, 3.05) is 0 Å². The summed E-state index contributed by atoms with van der Waals surface area (Å²) >= 11 is 0. The molecule has 4 heteroatoms. The van der Waals surface area contributed by atoms with Crippen molar-refractivity contribution in [3.63, 3.8) is 0 Å². The average molecular weight is 173 g/mol. The smallest absolute Gasteiger partial charge is 0.332 e. The minimum absolute atomic E-state index is 0.633. The molecule has 0 aliphatic carbocycles. The van der Waals surface area contributed by atoms with Crippen LogP contribution in [0.15, 0.2) is 0 Å². The fourth-order valence-corrected chi connectivity index (χ4v) is 2.47. The van der Waals surface area contributed by atoms with Gasteiger partial charge in [-0.25, -0.2) is 0 Å². The molecule has 0 aromatic carbocycles. The fraction of sp³-hybridized carbons (Fsp3) is 0.857. The molecule has 0 bridgehead atoms. The summed E-state index contributed by atoms with van der Waals surface area (Å²) in [6, 6.07) is 2.36. The normalized spacial score (nSPS) is 12.1. The minimum atomic E-state index is -1.59. The monoisotopic (exact) mass is 173 g/mol. The van der Waals surface area contributed by atoms with Crippen molar-refractivity contribution in [3.05, 3.63) is 10.2 Å². The van der Waals surface area contributed by atoms with Gasteiger partial charge >= 0.3 is 6.07 Å². The van der Waals surface area contributed by atoms with Crippen molar-refractivity contribution in [2.45, 2.75) is 39.1 Å². The Morgan fingerprint density at radius 3 is 2.09 bits per heavy atom. The zero-order valence-electron chi connectivity index (χ0n) is 7.76. The highest BCUT2D eigenvalue weighted by Gasteiger charge is 2.30. The second kappa shape index (κ2) is 3.24. The Bertz CT molecular complexity index is 185. The maximum absolute atomic E-state index is 9.88. The molecule has 0 saturated heterocycles. The van der Waals surface area contributed by atoms with Crippen molar-refractivity contribution in [1.82, 2.24) is 0 Å². The lowest BCUT2D eigenvalue weighted by atomic mass is 10.2. The van der Waals surface area contributed by atoms with Gasteiger partial charge < -0.3 is 9.63 Å². The second-order valence-electron chi connectivity index (χ2n) is 3.93. The summed E-state index contributed by atoms with van der Waals surface area (Å²) in [6.45, 7) is 9.74. The lowest BCUT2D eigenvalue weighted by molar-refractivity contribution is 0.164. The van der Waals surface area contributed by atoms with Crippen LogP contribution in [-0.4, -0.2) is 13.9 Å². The van der Waals surface area contributed by atoms with E-state index >= 15 is 0 Å². The van der Waals surface area contributed by atoms with E-state index in [9.17, 15) is 5.21 Å². The fourth-order valence-electron chi connectivity index (χ4n) is 0.898. The van der Waals surface area contributed by atoms with Gasteiger partial charge in [0.2, 0.25) is 0 Å². The lowest BCUT2D eigenvalue weighted by Crippen LogP contribution is -2.37. The van der Waals surface area contributed by atoms with Gasteiger partial charge in [0.15, 0.2) is 13.9 Å². The van der Waals surface area contributed by atoms with Crippen LogP contribution in [0.2, 0.25) is 19.6 Å². The van der Waals surface area contributed by atoms with E-state index in [4.69, 9.17) is 4.43 Å². The van der Waals surface area contributed by atoms with Crippen LogP contribution >= 0.6 is 0 Å². The van der Waals surface area contributed by atoms with Crippen LogP contribution in [0.25, 0.3) is 5.01 Å². The van der Waals surface area contributed by atoms with Crippen LogP contribution in [0.5, 0.6) is 0 Å². The molecule has 0 aliphatic heterocycles. The summed E-state index contributed by atoms with van der Waals surface area (Å²) in [6.07, 6.45) is 0. The Morgan fingerprint density at radius 1 is 1.36 bits per heavy atom.